The Morgan fingerprint density at radius 3 is 3.00 bits per heavy atom. The minimum absolute atomic E-state index is 0.824. The van der Waals surface area contributed by atoms with Crippen molar-refractivity contribution in [2.45, 2.75) is 52.0 Å². The highest BCUT2D eigenvalue weighted by atomic mass is 15.2. The Kier molecular flexibility index (Phi) is 4.66. The normalized spacial score (nSPS) is 38.2. The van der Waals surface area contributed by atoms with Gasteiger partial charge in [-0.1, -0.05) is 33.1 Å². The van der Waals surface area contributed by atoms with Gasteiger partial charge in [0.2, 0.25) is 0 Å². The first-order chi connectivity index (χ1) is 7.79. The van der Waals surface area contributed by atoms with Crippen molar-refractivity contribution >= 4 is 0 Å². The molecule has 2 nitrogen and oxygen atoms in total. The van der Waals surface area contributed by atoms with E-state index in [0.717, 1.165) is 17.9 Å². The molecule has 0 amide bonds. The van der Waals surface area contributed by atoms with Crippen molar-refractivity contribution in [3.05, 3.63) is 0 Å². The minimum Gasteiger partial charge on any atom is -0.315 e. The molecule has 3 unspecified atom stereocenters. The van der Waals surface area contributed by atoms with Crippen LogP contribution in [-0.2, 0) is 0 Å². The summed E-state index contributed by atoms with van der Waals surface area (Å²) in [5.74, 6) is 1.83. The van der Waals surface area contributed by atoms with Crippen LogP contribution in [0.1, 0.15) is 46.0 Å². The van der Waals surface area contributed by atoms with Crippen molar-refractivity contribution in [3.8, 4) is 0 Å². The summed E-state index contributed by atoms with van der Waals surface area (Å²) in [5, 5.41) is 3.55. The van der Waals surface area contributed by atoms with Crippen LogP contribution in [0, 0.1) is 11.8 Å². The molecule has 1 N–H and O–H groups in total. The lowest BCUT2D eigenvalue weighted by Crippen LogP contribution is -2.41. The topological polar surface area (TPSA) is 15.3 Å². The SMILES string of the molecule is CCC1CCCC(N2CCNCC(C)C2)C1. The fourth-order valence-electron chi connectivity index (χ4n) is 3.42. The van der Waals surface area contributed by atoms with E-state index in [1.54, 1.807) is 0 Å². The standard InChI is InChI=1S/C14H28N2/c1-3-13-5-4-6-14(9-13)16-8-7-15-10-12(2)11-16/h12-15H,3-11H2,1-2H3. The van der Waals surface area contributed by atoms with E-state index >= 15 is 0 Å². The van der Waals surface area contributed by atoms with Crippen LogP contribution >= 0.6 is 0 Å². The highest BCUT2D eigenvalue weighted by Crippen LogP contribution is 2.30. The van der Waals surface area contributed by atoms with Gasteiger partial charge < -0.3 is 5.32 Å². The Morgan fingerprint density at radius 1 is 1.31 bits per heavy atom. The highest BCUT2D eigenvalue weighted by Gasteiger charge is 2.27. The van der Waals surface area contributed by atoms with Crippen LogP contribution in [0.4, 0.5) is 0 Å². The summed E-state index contributed by atoms with van der Waals surface area (Å²) in [6.07, 6.45) is 7.24. The summed E-state index contributed by atoms with van der Waals surface area (Å²) < 4.78 is 0. The first kappa shape index (κ1) is 12.4. The Labute approximate surface area is 101 Å². The third-order valence-electron chi connectivity index (χ3n) is 4.46. The van der Waals surface area contributed by atoms with Crippen molar-refractivity contribution in [3.63, 3.8) is 0 Å². The maximum atomic E-state index is 3.55. The molecule has 1 saturated carbocycles. The van der Waals surface area contributed by atoms with E-state index in [0.29, 0.717) is 0 Å². The molecule has 3 atom stereocenters. The number of hydrogen-bond donors (Lipinski definition) is 1. The van der Waals surface area contributed by atoms with E-state index < -0.39 is 0 Å². The molecule has 1 aliphatic heterocycles. The summed E-state index contributed by atoms with van der Waals surface area (Å²) in [7, 11) is 0. The summed E-state index contributed by atoms with van der Waals surface area (Å²) >= 11 is 0. The fraction of sp³-hybridized carbons (Fsp3) is 1.00. The van der Waals surface area contributed by atoms with Crippen LogP contribution in [0.2, 0.25) is 0 Å². The van der Waals surface area contributed by atoms with Gasteiger partial charge in [0.15, 0.2) is 0 Å². The maximum absolute atomic E-state index is 3.55. The Bertz CT molecular complexity index is 205. The van der Waals surface area contributed by atoms with Crippen LogP contribution in [0.15, 0.2) is 0 Å². The van der Waals surface area contributed by atoms with Gasteiger partial charge in [-0.3, -0.25) is 4.90 Å². The quantitative estimate of drug-likeness (QED) is 0.775. The summed E-state index contributed by atoms with van der Waals surface area (Å²) in [6.45, 7) is 9.72. The monoisotopic (exact) mass is 224 g/mol. The predicted molar refractivity (Wildman–Crippen MR) is 69.6 cm³/mol. The Morgan fingerprint density at radius 2 is 2.19 bits per heavy atom. The molecule has 2 heteroatoms. The molecule has 1 heterocycles. The summed E-state index contributed by atoms with van der Waals surface area (Å²) in [6, 6.07) is 0.890. The molecule has 1 aliphatic carbocycles. The molecule has 16 heavy (non-hydrogen) atoms. The van der Waals surface area contributed by atoms with E-state index in [2.05, 4.69) is 24.1 Å². The van der Waals surface area contributed by atoms with Crippen molar-refractivity contribution in [2.24, 2.45) is 11.8 Å². The van der Waals surface area contributed by atoms with Gasteiger partial charge in [-0.15, -0.1) is 0 Å². The number of nitrogens with one attached hydrogen (secondary N) is 1. The van der Waals surface area contributed by atoms with E-state index in [-0.39, 0.29) is 0 Å². The first-order valence-electron chi connectivity index (χ1n) is 7.24. The van der Waals surface area contributed by atoms with Crippen LogP contribution in [-0.4, -0.2) is 37.1 Å². The van der Waals surface area contributed by atoms with Crippen LogP contribution in [0.25, 0.3) is 0 Å². The molecule has 2 aliphatic rings. The lowest BCUT2D eigenvalue weighted by molar-refractivity contribution is 0.125. The average molecular weight is 224 g/mol. The van der Waals surface area contributed by atoms with Crippen LogP contribution < -0.4 is 5.32 Å². The van der Waals surface area contributed by atoms with Crippen molar-refractivity contribution in [2.75, 3.05) is 26.2 Å². The Hall–Kier alpha value is -0.0800. The summed E-state index contributed by atoms with van der Waals surface area (Å²) in [4.78, 5) is 2.77. The van der Waals surface area contributed by atoms with Gasteiger partial charge in [0.1, 0.15) is 0 Å². The molecular weight excluding hydrogens is 196 g/mol. The molecular formula is C14H28N2. The largest absolute Gasteiger partial charge is 0.315 e. The highest BCUT2D eigenvalue weighted by molar-refractivity contribution is 4.83. The van der Waals surface area contributed by atoms with E-state index in [4.69, 9.17) is 0 Å². The van der Waals surface area contributed by atoms with E-state index in [1.807, 2.05) is 0 Å². The van der Waals surface area contributed by atoms with Gasteiger partial charge in [-0.2, -0.15) is 0 Å². The fourth-order valence-corrected chi connectivity index (χ4v) is 3.42. The van der Waals surface area contributed by atoms with E-state index in [9.17, 15) is 0 Å². The predicted octanol–water partition coefficient (Wildman–Crippen LogP) is 2.50. The summed E-state index contributed by atoms with van der Waals surface area (Å²) in [5.41, 5.74) is 0. The lowest BCUT2D eigenvalue weighted by atomic mass is 9.83. The molecule has 0 radical (unpaired) electrons. The lowest BCUT2D eigenvalue weighted by Gasteiger charge is -2.37. The van der Waals surface area contributed by atoms with Gasteiger partial charge in [-0.05, 0) is 31.2 Å². The molecule has 0 aromatic rings. The van der Waals surface area contributed by atoms with Gasteiger partial charge in [0.05, 0.1) is 0 Å². The average Bonchev–Trinajstić information content (AvgIpc) is 2.54. The second kappa shape index (κ2) is 6.02. The smallest absolute Gasteiger partial charge is 0.0110 e. The third-order valence-corrected chi connectivity index (χ3v) is 4.46. The molecule has 2 rings (SSSR count). The third kappa shape index (κ3) is 3.21. The van der Waals surface area contributed by atoms with E-state index in [1.165, 1.54) is 58.3 Å². The molecule has 94 valence electrons. The second-order valence-corrected chi connectivity index (χ2v) is 5.90. The molecule has 1 saturated heterocycles. The first-order valence-corrected chi connectivity index (χ1v) is 7.24. The molecule has 2 fully saturated rings. The number of hydrogen-bond acceptors (Lipinski definition) is 2. The zero-order valence-electron chi connectivity index (χ0n) is 11.0. The van der Waals surface area contributed by atoms with Crippen LogP contribution in [0.5, 0.6) is 0 Å². The number of rotatable bonds is 2. The Balaban J connectivity index is 1.89. The molecule has 0 spiro atoms. The van der Waals surface area contributed by atoms with Crippen LogP contribution in [0.3, 0.4) is 0 Å². The van der Waals surface area contributed by atoms with Gasteiger partial charge >= 0.3 is 0 Å². The zero-order chi connectivity index (χ0) is 11.4. The maximum Gasteiger partial charge on any atom is 0.0110 e. The van der Waals surface area contributed by atoms with Crippen molar-refractivity contribution < 1.29 is 0 Å². The van der Waals surface area contributed by atoms with Gasteiger partial charge in [0.25, 0.3) is 0 Å². The van der Waals surface area contributed by atoms with Gasteiger partial charge in [0, 0.05) is 25.7 Å². The molecule has 0 aromatic carbocycles. The second-order valence-electron chi connectivity index (χ2n) is 5.90. The van der Waals surface area contributed by atoms with Crippen molar-refractivity contribution in [1.29, 1.82) is 0 Å². The molecule has 0 aromatic heterocycles. The van der Waals surface area contributed by atoms with Gasteiger partial charge in [-0.25, -0.2) is 0 Å². The van der Waals surface area contributed by atoms with Crippen molar-refractivity contribution in [1.82, 2.24) is 10.2 Å². The molecule has 0 bridgehead atoms. The zero-order valence-corrected chi connectivity index (χ0v) is 11.0. The minimum atomic E-state index is 0.824. The number of nitrogens with zero attached hydrogens (tertiary/aromatic N) is 1.